The minimum atomic E-state index is -2.20. The largest absolute Gasteiger partial charge is 0.493 e. The predicted molar refractivity (Wildman–Crippen MR) is 180 cm³/mol. The van der Waals surface area contributed by atoms with Crippen molar-refractivity contribution in [3.63, 3.8) is 0 Å². The van der Waals surface area contributed by atoms with Crippen LogP contribution < -0.4 is 9.47 Å². The summed E-state index contributed by atoms with van der Waals surface area (Å²) < 4.78 is 39.7. The Balaban J connectivity index is 1.34. The maximum atomic E-state index is 14.1. The quantitative estimate of drug-likeness (QED) is 0.280. The van der Waals surface area contributed by atoms with Crippen LogP contribution in [0.3, 0.4) is 0 Å². The Morgan fingerprint density at radius 3 is 2.19 bits per heavy atom. The number of piperidine rings is 1. The zero-order valence-electron chi connectivity index (χ0n) is 30.1. The van der Waals surface area contributed by atoms with Crippen molar-refractivity contribution in [3.05, 3.63) is 71.0 Å². The van der Waals surface area contributed by atoms with Crippen LogP contribution in [-0.2, 0) is 59.5 Å². The molecule has 2 heterocycles. The van der Waals surface area contributed by atoms with Crippen LogP contribution in [0.2, 0.25) is 0 Å². The third kappa shape index (κ3) is 6.27. The SMILES string of the molecule is COc1ccc2c3c1O[C@H]1C(OC(=O)[C@H](OC(C)=O)[C@@H](OC(C)=O)C(=O)OC(C(=O)OC(C)(C)C)c4ccccc4)=CC[C@@]4(O)[C@@H](C2)N(C)CC[C@]314. The monoisotopic (exact) mass is 721 g/mol. The van der Waals surface area contributed by atoms with E-state index in [4.69, 9.17) is 33.2 Å². The minimum Gasteiger partial charge on any atom is -0.493 e. The van der Waals surface area contributed by atoms with Crippen LogP contribution in [0.1, 0.15) is 70.3 Å². The third-order valence-electron chi connectivity index (χ3n) is 10.1. The molecule has 0 saturated carbocycles. The van der Waals surface area contributed by atoms with E-state index in [1.54, 1.807) is 51.1 Å². The van der Waals surface area contributed by atoms with Crippen molar-refractivity contribution in [2.24, 2.45) is 0 Å². The number of rotatable bonds is 10. The van der Waals surface area contributed by atoms with Crippen molar-refractivity contribution in [3.8, 4) is 11.5 Å². The summed E-state index contributed by atoms with van der Waals surface area (Å²) in [5.41, 5.74) is -1.31. The van der Waals surface area contributed by atoms with Gasteiger partial charge in [-0.1, -0.05) is 36.4 Å². The fourth-order valence-electron chi connectivity index (χ4n) is 8.01. The first-order chi connectivity index (χ1) is 24.5. The molecule has 1 N–H and O–H groups in total. The number of hydrogen-bond acceptors (Lipinski definition) is 14. The van der Waals surface area contributed by atoms with Gasteiger partial charge >= 0.3 is 29.8 Å². The molecule has 2 aromatic rings. The molecule has 14 nitrogen and oxygen atoms in total. The van der Waals surface area contributed by atoms with Gasteiger partial charge in [0.25, 0.3) is 0 Å². The molecule has 2 aliphatic carbocycles. The van der Waals surface area contributed by atoms with Gasteiger partial charge in [-0.15, -0.1) is 0 Å². The summed E-state index contributed by atoms with van der Waals surface area (Å²) in [6.45, 7) is 7.48. The lowest BCUT2D eigenvalue weighted by Crippen LogP contribution is -2.74. The van der Waals surface area contributed by atoms with E-state index in [-0.39, 0.29) is 23.8 Å². The van der Waals surface area contributed by atoms with Crippen LogP contribution in [0.15, 0.2) is 54.3 Å². The van der Waals surface area contributed by atoms with Crippen LogP contribution in [0.5, 0.6) is 11.5 Å². The zero-order valence-corrected chi connectivity index (χ0v) is 30.1. The Labute approximate surface area is 300 Å². The summed E-state index contributed by atoms with van der Waals surface area (Å²) in [4.78, 5) is 68.1. The molecule has 14 heteroatoms. The average molecular weight is 722 g/mol. The summed E-state index contributed by atoms with van der Waals surface area (Å²) in [6, 6.07) is 11.4. The first-order valence-electron chi connectivity index (χ1n) is 17.0. The molecule has 278 valence electrons. The summed E-state index contributed by atoms with van der Waals surface area (Å²) in [6.07, 6.45) is -4.37. The second-order valence-electron chi connectivity index (χ2n) is 14.5. The molecule has 1 fully saturated rings. The fourth-order valence-corrected chi connectivity index (χ4v) is 8.01. The van der Waals surface area contributed by atoms with E-state index in [2.05, 4.69) is 4.90 Å². The first kappa shape index (κ1) is 36.8. The maximum Gasteiger partial charge on any atom is 0.357 e. The second kappa shape index (κ2) is 13.6. The second-order valence-corrected chi connectivity index (χ2v) is 14.5. The Bertz CT molecular complexity index is 1820. The molecule has 7 atom stereocenters. The van der Waals surface area contributed by atoms with Gasteiger partial charge in [-0.05, 0) is 64.9 Å². The Morgan fingerprint density at radius 2 is 1.58 bits per heavy atom. The van der Waals surface area contributed by atoms with Crippen molar-refractivity contribution in [2.75, 3.05) is 20.7 Å². The molecule has 1 spiro atoms. The lowest BCUT2D eigenvalue weighted by atomic mass is 9.50. The van der Waals surface area contributed by atoms with Crippen molar-refractivity contribution in [2.45, 2.75) is 101 Å². The van der Waals surface area contributed by atoms with Gasteiger partial charge in [0.1, 0.15) is 11.4 Å². The molecule has 1 unspecified atom stereocenters. The number of aliphatic hydroxyl groups is 1. The first-order valence-corrected chi connectivity index (χ1v) is 17.0. The van der Waals surface area contributed by atoms with E-state index in [9.17, 15) is 29.1 Å². The van der Waals surface area contributed by atoms with E-state index >= 15 is 0 Å². The number of esters is 5. The number of hydrogen-bond donors (Lipinski definition) is 1. The molecular weight excluding hydrogens is 678 g/mol. The van der Waals surface area contributed by atoms with Crippen LogP contribution in [0.4, 0.5) is 0 Å². The normalized spacial score (nSPS) is 25.9. The van der Waals surface area contributed by atoms with E-state index < -0.39 is 70.9 Å². The smallest absolute Gasteiger partial charge is 0.357 e. The molecule has 0 aromatic heterocycles. The van der Waals surface area contributed by atoms with Gasteiger partial charge in [-0.3, -0.25) is 9.59 Å². The number of ether oxygens (including phenoxy) is 7. The number of methoxy groups -OCH3 is 1. The molecule has 2 aromatic carbocycles. The number of likely N-dealkylation sites (N-methyl/N-ethyl adjacent to an activating group) is 1. The highest BCUT2D eigenvalue weighted by Gasteiger charge is 2.72. The average Bonchev–Trinajstić information content (AvgIpc) is 3.43. The van der Waals surface area contributed by atoms with Crippen LogP contribution >= 0.6 is 0 Å². The summed E-state index contributed by atoms with van der Waals surface area (Å²) in [5, 5.41) is 12.5. The number of benzene rings is 2. The van der Waals surface area contributed by atoms with Gasteiger partial charge in [0.15, 0.2) is 17.6 Å². The van der Waals surface area contributed by atoms with Gasteiger partial charge in [-0.25, -0.2) is 14.4 Å². The third-order valence-corrected chi connectivity index (χ3v) is 10.1. The van der Waals surface area contributed by atoms with Crippen LogP contribution in [-0.4, -0.2) is 96.1 Å². The lowest BCUT2D eigenvalue weighted by Gasteiger charge is -2.61. The van der Waals surface area contributed by atoms with Crippen molar-refractivity contribution in [1.29, 1.82) is 0 Å². The number of likely N-dealkylation sites (tertiary alicyclic amines) is 1. The number of carbonyl (C=O) groups is 5. The Kier molecular flexibility index (Phi) is 9.60. The van der Waals surface area contributed by atoms with E-state index in [1.807, 2.05) is 13.1 Å². The minimum absolute atomic E-state index is 0.00657. The van der Waals surface area contributed by atoms with Gasteiger partial charge in [0.2, 0.25) is 18.3 Å². The number of carbonyl (C=O) groups excluding carboxylic acids is 5. The Hall–Kier alpha value is -4.95. The Morgan fingerprint density at radius 1 is 0.923 bits per heavy atom. The highest BCUT2D eigenvalue weighted by molar-refractivity contribution is 5.91. The van der Waals surface area contributed by atoms with Gasteiger partial charge in [0, 0.05) is 37.4 Å². The van der Waals surface area contributed by atoms with Gasteiger partial charge in [-0.2, -0.15) is 0 Å². The highest BCUT2D eigenvalue weighted by atomic mass is 16.7. The van der Waals surface area contributed by atoms with Crippen molar-refractivity contribution < 1.29 is 62.2 Å². The standard InChI is InChI=1S/C38H43NO13/c1-20(40)47-30(31(48-21(2)41)34(43)51-28(22-11-9-8-10-12-22)35(44)52-36(3,4)5)33(42)49-25-15-16-38(45)26-19-23-13-14-24(46-7)29-27(23)37(38,32(25)50-29)17-18-39(26)6/h8-15,26,28,30-32,45H,16-19H2,1-7H3/t26-,28?,30-,31-,32+,37+,38-/m1/s1. The van der Waals surface area contributed by atoms with Crippen molar-refractivity contribution in [1.82, 2.24) is 4.90 Å². The molecule has 2 bridgehead atoms. The van der Waals surface area contributed by atoms with Crippen LogP contribution in [0, 0.1) is 0 Å². The molecule has 1 saturated heterocycles. The number of nitrogens with zero attached hydrogens (tertiary/aromatic N) is 1. The topological polar surface area (TPSA) is 173 Å². The van der Waals surface area contributed by atoms with Gasteiger partial charge in [0.05, 0.1) is 18.1 Å². The van der Waals surface area contributed by atoms with E-state index in [1.165, 1.54) is 19.2 Å². The summed E-state index contributed by atoms with van der Waals surface area (Å²) >= 11 is 0. The predicted octanol–water partition coefficient (Wildman–Crippen LogP) is 3.01. The molecule has 2 aliphatic heterocycles. The summed E-state index contributed by atoms with van der Waals surface area (Å²) in [5.74, 6) is -4.74. The summed E-state index contributed by atoms with van der Waals surface area (Å²) in [7, 11) is 3.46. The molecule has 0 amide bonds. The molecule has 52 heavy (non-hydrogen) atoms. The van der Waals surface area contributed by atoms with E-state index in [0.29, 0.717) is 30.9 Å². The maximum absolute atomic E-state index is 14.1. The molecule has 4 aliphatic rings. The fraction of sp³-hybridized carbons (Fsp3) is 0.500. The molecule has 6 rings (SSSR count). The van der Waals surface area contributed by atoms with Crippen LogP contribution in [0.25, 0.3) is 0 Å². The molecular formula is C38H43NO13. The molecule has 0 radical (unpaired) electrons. The van der Waals surface area contributed by atoms with Crippen molar-refractivity contribution >= 4 is 29.8 Å². The lowest BCUT2D eigenvalue weighted by molar-refractivity contribution is -0.197. The zero-order chi connectivity index (χ0) is 37.7. The van der Waals surface area contributed by atoms with Gasteiger partial charge < -0.3 is 43.2 Å². The van der Waals surface area contributed by atoms with E-state index in [0.717, 1.165) is 25.0 Å². The highest BCUT2D eigenvalue weighted by Crippen LogP contribution is 2.65.